The van der Waals surface area contributed by atoms with Crippen LogP contribution in [0.5, 0.6) is 0 Å². The van der Waals surface area contributed by atoms with Crippen LogP contribution >= 0.6 is 0 Å². The van der Waals surface area contributed by atoms with Crippen LogP contribution in [0.2, 0.25) is 0 Å². The van der Waals surface area contributed by atoms with Crippen LogP contribution in [0.3, 0.4) is 0 Å². The third-order valence-electron chi connectivity index (χ3n) is 4.50. The molecule has 0 saturated carbocycles. The van der Waals surface area contributed by atoms with Gasteiger partial charge in [0.15, 0.2) is 0 Å². The fraction of sp³-hybridized carbons (Fsp3) is 0.208. The maximum Gasteiger partial charge on any atom is 0.331 e. The lowest BCUT2D eigenvalue weighted by Gasteiger charge is -2.10. The minimum atomic E-state index is -0.278. The molecular weight excluding hydrogens is 320 g/mol. The van der Waals surface area contributed by atoms with Crippen LogP contribution in [0.25, 0.3) is 16.3 Å². The zero-order valence-electron chi connectivity index (χ0n) is 15.4. The lowest BCUT2D eigenvalue weighted by atomic mass is 9.95. The van der Waals surface area contributed by atoms with Gasteiger partial charge in [-0.2, -0.15) is 0 Å². The van der Waals surface area contributed by atoms with Crippen LogP contribution in [0.15, 0.2) is 72.8 Å². The van der Waals surface area contributed by atoms with Gasteiger partial charge in [-0.05, 0) is 60.2 Å². The van der Waals surface area contributed by atoms with E-state index in [1.165, 1.54) is 21.9 Å². The van der Waals surface area contributed by atoms with Gasteiger partial charge >= 0.3 is 5.97 Å². The number of hydrogen-bond donors (Lipinski definition) is 0. The molecule has 132 valence electrons. The summed E-state index contributed by atoms with van der Waals surface area (Å²) in [7, 11) is 0. The van der Waals surface area contributed by atoms with Gasteiger partial charge in [0.25, 0.3) is 0 Å². The first kappa shape index (κ1) is 17.9. The topological polar surface area (TPSA) is 26.3 Å². The first-order valence-corrected chi connectivity index (χ1v) is 9.08. The van der Waals surface area contributed by atoms with Crippen LogP contribution in [-0.4, -0.2) is 12.6 Å². The van der Waals surface area contributed by atoms with E-state index in [1.807, 2.05) is 19.1 Å². The Balaban J connectivity index is 1.88. The second-order valence-corrected chi connectivity index (χ2v) is 6.47. The zero-order chi connectivity index (χ0) is 18.4. The summed E-state index contributed by atoms with van der Waals surface area (Å²) in [6.07, 6.45) is 3.32. The molecule has 0 fully saturated rings. The van der Waals surface area contributed by atoms with Crippen molar-refractivity contribution in [2.75, 3.05) is 6.61 Å². The minimum Gasteiger partial charge on any atom is -0.463 e. The van der Waals surface area contributed by atoms with Crippen LogP contribution in [-0.2, 0) is 16.0 Å². The number of benzene rings is 3. The smallest absolute Gasteiger partial charge is 0.331 e. The number of allylic oxidation sites excluding steroid dienone is 1. The minimum absolute atomic E-state index is 0.278. The molecule has 0 aromatic heterocycles. The van der Waals surface area contributed by atoms with Gasteiger partial charge < -0.3 is 4.74 Å². The van der Waals surface area contributed by atoms with E-state index < -0.39 is 0 Å². The van der Waals surface area contributed by atoms with Gasteiger partial charge in [-0.15, -0.1) is 0 Å². The number of hydrogen-bond acceptors (Lipinski definition) is 2. The van der Waals surface area contributed by atoms with Crippen LogP contribution < -0.4 is 0 Å². The molecule has 0 spiro atoms. The SMILES string of the molecule is CCOC(=O)C=C(CCc1ccc(C)cc1)c1ccc2ccccc2c1. The van der Waals surface area contributed by atoms with Crippen molar-refractivity contribution in [3.8, 4) is 0 Å². The Bertz CT molecular complexity index is 920. The largest absolute Gasteiger partial charge is 0.463 e. The summed E-state index contributed by atoms with van der Waals surface area (Å²) in [5.74, 6) is -0.278. The molecular formula is C24H24O2. The Morgan fingerprint density at radius 2 is 1.69 bits per heavy atom. The van der Waals surface area contributed by atoms with E-state index in [-0.39, 0.29) is 5.97 Å². The lowest BCUT2D eigenvalue weighted by molar-refractivity contribution is -0.137. The molecule has 2 nitrogen and oxygen atoms in total. The van der Waals surface area contributed by atoms with E-state index in [9.17, 15) is 4.79 Å². The van der Waals surface area contributed by atoms with Crippen molar-refractivity contribution in [1.82, 2.24) is 0 Å². The molecule has 0 atom stereocenters. The van der Waals surface area contributed by atoms with Gasteiger partial charge in [0, 0.05) is 6.08 Å². The van der Waals surface area contributed by atoms with Crippen LogP contribution in [0.1, 0.15) is 30.0 Å². The van der Waals surface area contributed by atoms with Crippen molar-refractivity contribution >= 4 is 22.3 Å². The standard InChI is InChI=1S/C24H24O2/c1-3-26-24(25)17-23(13-12-19-10-8-18(2)9-11-19)22-15-14-20-6-4-5-7-21(20)16-22/h4-11,14-17H,3,12-13H2,1-2H3. The average Bonchev–Trinajstić information content (AvgIpc) is 2.66. The number of esters is 1. The van der Waals surface area contributed by atoms with Gasteiger partial charge in [-0.3, -0.25) is 0 Å². The first-order chi connectivity index (χ1) is 12.7. The first-order valence-electron chi connectivity index (χ1n) is 9.08. The van der Waals surface area contributed by atoms with E-state index in [0.717, 1.165) is 24.0 Å². The molecule has 3 rings (SSSR count). The third kappa shape index (κ3) is 4.60. The van der Waals surface area contributed by atoms with Gasteiger partial charge in [0.2, 0.25) is 0 Å². The molecule has 0 amide bonds. The second kappa shape index (κ2) is 8.48. The summed E-state index contributed by atoms with van der Waals surface area (Å²) < 4.78 is 5.13. The predicted octanol–water partition coefficient (Wildman–Crippen LogP) is 5.73. The Morgan fingerprint density at radius 3 is 2.42 bits per heavy atom. The van der Waals surface area contributed by atoms with Crippen molar-refractivity contribution < 1.29 is 9.53 Å². The quantitative estimate of drug-likeness (QED) is 0.422. The average molecular weight is 344 g/mol. The lowest BCUT2D eigenvalue weighted by Crippen LogP contribution is -2.02. The Kier molecular flexibility index (Phi) is 5.85. The summed E-state index contributed by atoms with van der Waals surface area (Å²) >= 11 is 0. The number of fused-ring (bicyclic) bond motifs is 1. The molecule has 0 aliphatic heterocycles. The van der Waals surface area contributed by atoms with E-state index in [2.05, 4.69) is 61.5 Å². The van der Waals surface area contributed by atoms with Gasteiger partial charge in [0.05, 0.1) is 6.61 Å². The third-order valence-corrected chi connectivity index (χ3v) is 4.50. The molecule has 2 heteroatoms. The van der Waals surface area contributed by atoms with Crippen molar-refractivity contribution in [2.24, 2.45) is 0 Å². The molecule has 0 saturated heterocycles. The van der Waals surface area contributed by atoms with Gasteiger partial charge in [-0.1, -0.05) is 66.2 Å². The maximum atomic E-state index is 12.0. The highest BCUT2D eigenvalue weighted by Crippen LogP contribution is 2.25. The van der Waals surface area contributed by atoms with Crippen molar-refractivity contribution in [3.63, 3.8) is 0 Å². The van der Waals surface area contributed by atoms with Crippen LogP contribution in [0.4, 0.5) is 0 Å². The summed E-state index contributed by atoms with van der Waals surface area (Å²) in [5, 5.41) is 2.38. The highest BCUT2D eigenvalue weighted by atomic mass is 16.5. The number of carbonyl (C=O) groups excluding carboxylic acids is 1. The molecule has 3 aromatic carbocycles. The normalized spacial score (nSPS) is 11.5. The predicted molar refractivity (Wildman–Crippen MR) is 108 cm³/mol. The number of ether oxygens (including phenoxy) is 1. The number of rotatable bonds is 6. The highest BCUT2D eigenvalue weighted by Gasteiger charge is 2.08. The molecule has 0 unspecified atom stereocenters. The Hall–Kier alpha value is -2.87. The summed E-state index contributed by atoms with van der Waals surface area (Å²) in [6, 6.07) is 23.2. The highest BCUT2D eigenvalue weighted by molar-refractivity contribution is 5.93. The van der Waals surface area contributed by atoms with E-state index >= 15 is 0 Å². The molecule has 0 heterocycles. The van der Waals surface area contributed by atoms with Gasteiger partial charge in [-0.25, -0.2) is 4.79 Å². The molecule has 26 heavy (non-hydrogen) atoms. The Morgan fingerprint density at radius 1 is 0.962 bits per heavy atom. The maximum absolute atomic E-state index is 12.0. The van der Waals surface area contributed by atoms with E-state index in [1.54, 1.807) is 6.08 Å². The fourth-order valence-corrected chi connectivity index (χ4v) is 3.05. The second-order valence-electron chi connectivity index (χ2n) is 6.47. The molecule has 0 aliphatic rings. The molecule has 0 bridgehead atoms. The van der Waals surface area contributed by atoms with Crippen molar-refractivity contribution in [3.05, 3.63) is 89.5 Å². The zero-order valence-corrected chi connectivity index (χ0v) is 15.4. The fourth-order valence-electron chi connectivity index (χ4n) is 3.05. The van der Waals surface area contributed by atoms with E-state index in [4.69, 9.17) is 4.74 Å². The van der Waals surface area contributed by atoms with Crippen molar-refractivity contribution in [2.45, 2.75) is 26.7 Å². The molecule has 0 radical (unpaired) electrons. The number of carbonyl (C=O) groups is 1. The van der Waals surface area contributed by atoms with Crippen molar-refractivity contribution in [1.29, 1.82) is 0 Å². The summed E-state index contributed by atoms with van der Waals surface area (Å²) in [6.45, 7) is 4.30. The van der Waals surface area contributed by atoms with Gasteiger partial charge in [0.1, 0.15) is 0 Å². The monoisotopic (exact) mass is 344 g/mol. The van der Waals surface area contributed by atoms with E-state index in [0.29, 0.717) is 6.61 Å². The summed E-state index contributed by atoms with van der Waals surface area (Å²) in [5.41, 5.74) is 4.61. The Labute approximate surface area is 155 Å². The summed E-state index contributed by atoms with van der Waals surface area (Å²) in [4.78, 5) is 12.0. The molecule has 0 aliphatic carbocycles. The van der Waals surface area contributed by atoms with Crippen LogP contribution in [0, 0.1) is 6.92 Å². The number of aryl methyl sites for hydroxylation is 2. The molecule has 3 aromatic rings. The molecule has 0 N–H and O–H groups in total.